The predicted octanol–water partition coefficient (Wildman–Crippen LogP) is 8.68. The van der Waals surface area contributed by atoms with Gasteiger partial charge >= 0.3 is 6.09 Å². The Morgan fingerprint density at radius 2 is 1.80 bits per heavy atom. The standard InChI is InChI=1S/C49H63N6O9PS/c1-8-33-27-49(33,65(60,62-23-15-14-22-56)29-32-16-10-9-11-17-32)54-44(57)41-25-36(28-55(41)45(58)43(48(4,5)6)53-47(59)64-34-18-12-13-19-34)63-42-26-39(40-30-66-46(52-40)50-31(2)3)51-38-24-35(61-7)20-21-37(38)42/h8-11,14-17,20-21,24,26,30-31,33-34,36,41,43,56H,1,12-13,18-19,22-23,25,27-29H2,2-7H3,(H,50,52)(H,53,59)(H,54,57)/t33-,36-,41+,43-,49+,65?/m1/s1. The second-order valence-electron chi connectivity index (χ2n) is 18.7. The van der Waals surface area contributed by atoms with Crippen molar-refractivity contribution in [3.8, 4) is 22.9 Å². The number of hydrogen-bond donors (Lipinski definition) is 4. The van der Waals surface area contributed by atoms with Crippen molar-refractivity contribution >= 4 is 52.6 Å². The van der Waals surface area contributed by atoms with Crippen molar-refractivity contribution in [2.45, 2.75) is 115 Å². The molecule has 0 bridgehead atoms. The molecule has 3 aliphatic rings. The van der Waals surface area contributed by atoms with Crippen LogP contribution in [0.2, 0.25) is 0 Å². The molecule has 2 aliphatic carbocycles. The van der Waals surface area contributed by atoms with E-state index in [1.165, 1.54) is 22.3 Å². The minimum absolute atomic E-state index is 0.0146. The molecule has 3 fully saturated rings. The smallest absolute Gasteiger partial charge is 0.408 e. The molecule has 3 heterocycles. The highest BCUT2D eigenvalue weighted by Gasteiger charge is 2.67. The van der Waals surface area contributed by atoms with E-state index in [1.807, 2.05) is 94.6 Å². The third-order valence-corrected chi connectivity index (χ3v) is 16.3. The normalized spacial score (nSPS) is 22.2. The van der Waals surface area contributed by atoms with E-state index in [4.69, 9.17) is 28.7 Å². The number of likely N-dealkylation sites (tertiary alicyclic amines) is 1. The average Bonchev–Trinajstić information content (AvgIpc) is 3.68. The third-order valence-electron chi connectivity index (χ3n) is 12.4. The van der Waals surface area contributed by atoms with Gasteiger partial charge in [-0.2, -0.15) is 0 Å². The van der Waals surface area contributed by atoms with Gasteiger partial charge in [0.15, 0.2) is 5.13 Å². The first-order valence-electron chi connectivity index (χ1n) is 22.7. The van der Waals surface area contributed by atoms with E-state index in [0.717, 1.165) is 36.4 Å². The highest BCUT2D eigenvalue weighted by molar-refractivity contribution is 7.60. The number of hydrogen-bond acceptors (Lipinski definition) is 13. The van der Waals surface area contributed by atoms with Crippen LogP contribution in [0, 0.1) is 11.3 Å². The summed E-state index contributed by atoms with van der Waals surface area (Å²) in [6, 6.07) is 14.6. The first-order valence-corrected chi connectivity index (χ1v) is 25.4. The number of ether oxygens (including phenoxy) is 3. The number of fused-ring (bicyclic) bond motifs is 1. The molecule has 1 unspecified atom stereocenters. The van der Waals surface area contributed by atoms with E-state index in [1.54, 1.807) is 19.3 Å². The predicted molar refractivity (Wildman–Crippen MR) is 257 cm³/mol. The van der Waals surface area contributed by atoms with E-state index >= 15 is 14.2 Å². The zero-order valence-corrected chi connectivity index (χ0v) is 40.4. The number of nitrogens with zero attached hydrogens (tertiary/aromatic N) is 3. The lowest BCUT2D eigenvalue weighted by Crippen LogP contribution is -2.58. The number of methoxy groups -OCH3 is 1. The third kappa shape index (κ3) is 11.1. The Morgan fingerprint density at radius 1 is 1.05 bits per heavy atom. The van der Waals surface area contributed by atoms with E-state index in [-0.39, 0.29) is 44.5 Å². The van der Waals surface area contributed by atoms with Crippen LogP contribution in [0.25, 0.3) is 22.3 Å². The molecule has 66 heavy (non-hydrogen) atoms. The fourth-order valence-corrected chi connectivity index (χ4v) is 12.7. The largest absolute Gasteiger partial charge is 0.497 e. The van der Waals surface area contributed by atoms with Gasteiger partial charge in [0, 0.05) is 41.3 Å². The van der Waals surface area contributed by atoms with Gasteiger partial charge in [0.2, 0.25) is 19.2 Å². The van der Waals surface area contributed by atoms with Gasteiger partial charge in [0.05, 0.1) is 44.2 Å². The van der Waals surface area contributed by atoms with Crippen LogP contribution >= 0.6 is 18.7 Å². The lowest BCUT2D eigenvalue weighted by molar-refractivity contribution is -0.142. The first-order chi connectivity index (χ1) is 31.6. The van der Waals surface area contributed by atoms with Gasteiger partial charge in [0.1, 0.15) is 46.8 Å². The number of nitrogens with one attached hydrogen (secondary N) is 3. The Morgan fingerprint density at radius 3 is 2.47 bits per heavy atom. The van der Waals surface area contributed by atoms with Crippen LogP contribution in [0.4, 0.5) is 9.93 Å². The van der Waals surface area contributed by atoms with E-state index in [0.29, 0.717) is 40.2 Å². The summed E-state index contributed by atoms with van der Waals surface area (Å²) in [4.78, 5) is 54.8. The van der Waals surface area contributed by atoms with Crippen molar-refractivity contribution in [1.29, 1.82) is 0 Å². The van der Waals surface area contributed by atoms with Crippen molar-refractivity contribution in [2.24, 2.45) is 11.3 Å². The lowest BCUT2D eigenvalue weighted by atomic mass is 9.85. The second kappa shape index (κ2) is 20.7. The Bertz CT molecular complexity index is 2450. The number of aliphatic hydroxyl groups is 1. The summed E-state index contributed by atoms with van der Waals surface area (Å²) in [5, 5.41) is 20.8. The van der Waals surface area contributed by atoms with Gasteiger partial charge < -0.3 is 44.7 Å². The second-order valence-corrected chi connectivity index (χ2v) is 22.3. The number of aromatic nitrogens is 2. The molecule has 0 radical (unpaired) electrons. The number of carbonyl (C=O) groups is 3. The molecule has 4 aromatic rings. The van der Waals surface area contributed by atoms with Crippen molar-refractivity contribution < 1.29 is 42.8 Å². The Hall–Kier alpha value is -5.28. The van der Waals surface area contributed by atoms with Crippen LogP contribution in [0.15, 0.2) is 84.8 Å². The van der Waals surface area contributed by atoms with Gasteiger partial charge in [-0.3, -0.25) is 14.2 Å². The van der Waals surface area contributed by atoms with E-state index in [9.17, 15) is 9.90 Å². The summed E-state index contributed by atoms with van der Waals surface area (Å²) in [7, 11) is -2.20. The van der Waals surface area contributed by atoms with Crippen LogP contribution < -0.4 is 25.4 Å². The molecule has 2 aromatic carbocycles. The number of aliphatic hydroxyl groups excluding tert-OH is 1. The Labute approximate surface area is 391 Å². The summed E-state index contributed by atoms with van der Waals surface area (Å²) >= 11 is 1.46. The van der Waals surface area contributed by atoms with Crippen molar-refractivity contribution in [1.82, 2.24) is 25.5 Å². The van der Waals surface area contributed by atoms with Crippen LogP contribution in [0.3, 0.4) is 0 Å². The van der Waals surface area contributed by atoms with Crippen LogP contribution in [0.5, 0.6) is 11.5 Å². The maximum Gasteiger partial charge on any atom is 0.408 e. The molecule has 15 nitrogen and oxygen atoms in total. The molecule has 17 heteroatoms. The number of pyridine rings is 1. The Balaban J connectivity index is 1.24. The SMILES string of the molecule is C=C[C@@H]1C[C@]1(NC(=O)[C@@H]1C[C@@H](Oc2cc(-c3csc(NC(C)C)n3)nc3cc(OC)ccc23)CN1C(=O)[C@@H](NC(=O)OC1CCCC1)C(C)(C)C)P(=O)(Cc1ccccc1)OCC=CCO. The van der Waals surface area contributed by atoms with Gasteiger partial charge in [0.25, 0.3) is 0 Å². The molecular formula is C49H63N6O9PS. The molecule has 2 aromatic heterocycles. The summed E-state index contributed by atoms with van der Waals surface area (Å²) in [6.07, 6.45) is 6.97. The van der Waals surface area contributed by atoms with Crippen molar-refractivity contribution in [3.63, 3.8) is 0 Å². The number of amides is 3. The molecule has 1 saturated heterocycles. The van der Waals surface area contributed by atoms with Gasteiger partial charge in [-0.25, -0.2) is 14.8 Å². The minimum atomic E-state index is -3.78. The van der Waals surface area contributed by atoms with E-state index in [2.05, 4.69) is 22.5 Å². The van der Waals surface area contributed by atoms with Gasteiger partial charge in [-0.1, -0.05) is 69.3 Å². The first kappa shape index (κ1) is 48.6. The highest BCUT2D eigenvalue weighted by atomic mass is 32.1. The summed E-state index contributed by atoms with van der Waals surface area (Å²) < 4.78 is 39.8. The molecule has 6 atom stereocenters. The highest BCUT2D eigenvalue weighted by Crippen LogP contribution is 2.73. The number of thiazole rings is 1. The number of anilines is 1. The van der Waals surface area contributed by atoms with Crippen molar-refractivity contribution in [3.05, 3.63) is 90.3 Å². The molecule has 0 spiro atoms. The van der Waals surface area contributed by atoms with Gasteiger partial charge in [-0.15, -0.1) is 17.9 Å². The van der Waals surface area contributed by atoms with Crippen LogP contribution in [-0.2, 0) is 29.6 Å². The number of alkyl carbamates (subject to hydrolysis) is 1. The quantitative estimate of drug-likeness (QED) is 0.0518. The lowest BCUT2D eigenvalue weighted by Gasteiger charge is -2.36. The number of benzene rings is 2. The molecular weight excluding hydrogens is 880 g/mol. The monoisotopic (exact) mass is 942 g/mol. The van der Waals surface area contributed by atoms with Crippen LogP contribution in [-0.4, -0.2) is 100 Å². The molecule has 2 saturated carbocycles. The number of carbonyl (C=O) groups excluding carboxylic acids is 3. The fourth-order valence-electron chi connectivity index (χ4n) is 8.82. The van der Waals surface area contributed by atoms with Crippen molar-refractivity contribution in [2.75, 3.05) is 32.2 Å². The fraction of sp³-hybridized carbons (Fsp3) is 0.490. The van der Waals surface area contributed by atoms with Gasteiger partial charge in [-0.05, 0) is 69.1 Å². The van der Waals surface area contributed by atoms with E-state index < -0.39 is 60.1 Å². The minimum Gasteiger partial charge on any atom is -0.497 e. The maximum absolute atomic E-state index is 15.4. The average molecular weight is 943 g/mol. The summed E-state index contributed by atoms with van der Waals surface area (Å²) in [5.41, 5.74) is 1.76. The molecule has 354 valence electrons. The zero-order valence-electron chi connectivity index (χ0n) is 38.7. The molecule has 7 rings (SSSR count). The number of rotatable bonds is 19. The summed E-state index contributed by atoms with van der Waals surface area (Å²) in [5.74, 6) is -0.358. The zero-order chi connectivity index (χ0) is 47.2. The topological polar surface area (TPSA) is 191 Å². The Kier molecular flexibility index (Phi) is 15.3. The molecule has 1 aliphatic heterocycles. The molecule has 3 amide bonds. The summed E-state index contributed by atoms with van der Waals surface area (Å²) in [6.45, 7) is 13.3. The van der Waals surface area contributed by atoms with Crippen LogP contribution in [0.1, 0.15) is 78.7 Å². The maximum atomic E-state index is 15.4. The molecule has 4 N–H and O–H groups in total.